The molecule has 0 fully saturated rings. The van der Waals surface area contributed by atoms with Crippen molar-refractivity contribution in [1.82, 2.24) is 9.97 Å². The average Bonchev–Trinajstić information content (AvgIpc) is 2.28. The number of anilines is 1. The van der Waals surface area contributed by atoms with Crippen molar-refractivity contribution in [3.8, 4) is 11.4 Å². The molecule has 0 amide bonds. The van der Waals surface area contributed by atoms with Gasteiger partial charge < -0.3 is 10.8 Å². The summed E-state index contributed by atoms with van der Waals surface area (Å²) in [6.45, 7) is 0. The number of aromatic nitrogens is 2. The molecule has 1 aromatic heterocycles. The van der Waals surface area contributed by atoms with Gasteiger partial charge in [-0.2, -0.15) is 0 Å². The summed E-state index contributed by atoms with van der Waals surface area (Å²) in [5.74, 6) is -2.16. The summed E-state index contributed by atoms with van der Waals surface area (Å²) in [5.41, 5.74) is 5.06. The zero-order chi connectivity index (χ0) is 13.3. The lowest BCUT2D eigenvalue weighted by atomic mass is 10.2. The predicted octanol–water partition coefficient (Wildman–Crippen LogP) is 2.22. The van der Waals surface area contributed by atoms with Gasteiger partial charge in [0.2, 0.25) is 0 Å². The maximum atomic E-state index is 13.6. The monoisotopic (exact) mass is 267 g/mol. The average molecular weight is 268 g/mol. The van der Waals surface area contributed by atoms with E-state index in [4.69, 9.17) is 22.4 Å². The summed E-state index contributed by atoms with van der Waals surface area (Å²) in [6, 6.07) is 5.13. The van der Waals surface area contributed by atoms with Crippen LogP contribution in [0.4, 0.5) is 10.2 Å². The Morgan fingerprint density at radius 2 is 2.11 bits per heavy atom. The number of halogens is 2. The summed E-state index contributed by atoms with van der Waals surface area (Å²) in [5, 5.41) is 8.93. The van der Waals surface area contributed by atoms with E-state index < -0.39 is 11.8 Å². The smallest absolute Gasteiger partial charge is 0.354 e. The Morgan fingerprint density at radius 1 is 1.39 bits per heavy atom. The highest BCUT2D eigenvalue weighted by molar-refractivity contribution is 6.33. The van der Waals surface area contributed by atoms with Gasteiger partial charge in [0.1, 0.15) is 11.6 Å². The van der Waals surface area contributed by atoms with Crippen molar-refractivity contribution >= 4 is 23.4 Å². The minimum Gasteiger partial charge on any atom is -0.477 e. The van der Waals surface area contributed by atoms with Gasteiger partial charge in [0.05, 0.1) is 10.6 Å². The predicted molar refractivity (Wildman–Crippen MR) is 63.8 cm³/mol. The molecule has 2 aromatic rings. The van der Waals surface area contributed by atoms with Crippen LogP contribution in [-0.2, 0) is 0 Å². The molecule has 0 aliphatic carbocycles. The molecule has 1 heterocycles. The molecule has 2 rings (SSSR count). The normalized spacial score (nSPS) is 10.3. The Bertz CT molecular complexity index is 613. The van der Waals surface area contributed by atoms with Crippen molar-refractivity contribution in [3.63, 3.8) is 0 Å². The lowest BCUT2D eigenvalue weighted by molar-refractivity contribution is 0.0690. The van der Waals surface area contributed by atoms with Crippen LogP contribution >= 0.6 is 11.6 Å². The highest BCUT2D eigenvalue weighted by atomic mass is 35.5. The van der Waals surface area contributed by atoms with E-state index in [1.807, 2.05) is 0 Å². The van der Waals surface area contributed by atoms with Crippen molar-refractivity contribution in [2.45, 2.75) is 0 Å². The van der Waals surface area contributed by atoms with Crippen molar-refractivity contribution < 1.29 is 14.3 Å². The van der Waals surface area contributed by atoms with Crippen molar-refractivity contribution in [3.05, 3.63) is 40.8 Å². The van der Waals surface area contributed by atoms with Gasteiger partial charge >= 0.3 is 5.97 Å². The molecule has 0 aliphatic rings. The molecule has 5 nitrogen and oxygen atoms in total. The van der Waals surface area contributed by atoms with Crippen LogP contribution in [0, 0.1) is 5.82 Å². The second kappa shape index (κ2) is 4.58. The number of benzene rings is 1. The third-order valence-corrected chi connectivity index (χ3v) is 2.47. The zero-order valence-corrected chi connectivity index (χ0v) is 9.65. The van der Waals surface area contributed by atoms with E-state index in [-0.39, 0.29) is 27.9 Å². The molecule has 0 atom stereocenters. The topological polar surface area (TPSA) is 89.1 Å². The molecule has 7 heteroatoms. The van der Waals surface area contributed by atoms with Crippen molar-refractivity contribution in [2.75, 3.05) is 5.73 Å². The summed E-state index contributed by atoms with van der Waals surface area (Å²) in [7, 11) is 0. The number of carboxylic acid groups (broad SMARTS) is 1. The highest BCUT2D eigenvalue weighted by Crippen LogP contribution is 2.28. The Labute approximate surface area is 106 Å². The van der Waals surface area contributed by atoms with Gasteiger partial charge in [0.15, 0.2) is 11.5 Å². The third-order valence-electron chi connectivity index (χ3n) is 2.15. The SMILES string of the molecule is Nc1cc(C(=O)O)nc(-c2c(F)cccc2Cl)n1. The number of nitrogen functional groups attached to an aromatic ring is 1. The minimum atomic E-state index is -1.28. The standard InChI is InChI=1S/C11H7ClFN3O2/c12-5-2-1-3-6(13)9(5)10-15-7(11(17)18)4-8(14)16-10/h1-4H,(H,17,18)(H2,14,15,16). The molecule has 0 unspecified atom stereocenters. The Morgan fingerprint density at radius 3 is 2.72 bits per heavy atom. The van der Waals surface area contributed by atoms with Crippen molar-refractivity contribution in [1.29, 1.82) is 0 Å². The number of carbonyl (C=O) groups is 1. The van der Waals surface area contributed by atoms with E-state index in [0.717, 1.165) is 6.07 Å². The lowest BCUT2D eigenvalue weighted by Gasteiger charge is -2.06. The highest BCUT2D eigenvalue weighted by Gasteiger charge is 2.16. The molecule has 0 saturated carbocycles. The van der Waals surface area contributed by atoms with Crippen LogP contribution in [0.5, 0.6) is 0 Å². The Balaban J connectivity index is 2.68. The number of aromatic carboxylic acids is 1. The number of hydrogen-bond donors (Lipinski definition) is 2. The van der Waals surface area contributed by atoms with Crippen LogP contribution in [-0.4, -0.2) is 21.0 Å². The quantitative estimate of drug-likeness (QED) is 0.871. The lowest BCUT2D eigenvalue weighted by Crippen LogP contribution is -2.06. The number of nitrogens with two attached hydrogens (primary N) is 1. The largest absolute Gasteiger partial charge is 0.477 e. The molecular weight excluding hydrogens is 261 g/mol. The first-order valence-corrected chi connectivity index (χ1v) is 5.19. The minimum absolute atomic E-state index is 0.0725. The second-order valence-corrected chi connectivity index (χ2v) is 3.81. The van der Waals surface area contributed by atoms with Crippen molar-refractivity contribution in [2.24, 2.45) is 0 Å². The third kappa shape index (κ3) is 2.23. The van der Waals surface area contributed by atoms with Gasteiger partial charge in [-0.15, -0.1) is 0 Å². The van der Waals surface area contributed by atoms with E-state index in [2.05, 4.69) is 9.97 Å². The van der Waals surface area contributed by atoms with Crippen LogP contribution in [0.3, 0.4) is 0 Å². The van der Waals surface area contributed by atoms with Gasteiger partial charge in [-0.25, -0.2) is 19.2 Å². The van der Waals surface area contributed by atoms with Gasteiger partial charge in [0.25, 0.3) is 0 Å². The number of carboxylic acids is 1. The summed E-state index contributed by atoms with van der Waals surface area (Å²) < 4.78 is 13.6. The van der Waals surface area contributed by atoms with Crippen LogP contribution in [0.2, 0.25) is 5.02 Å². The zero-order valence-electron chi connectivity index (χ0n) is 8.89. The first-order chi connectivity index (χ1) is 8.49. The first kappa shape index (κ1) is 12.3. The Kier molecular flexibility index (Phi) is 3.12. The van der Waals surface area contributed by atoms with E-state index in [1.54, 1.807) is 0 Å². The van der Waals surface area contributed by atoms with E-state index in [0.29, 0.717) is 0 Å². The maximum Gasteiger partial charge on any atom is 0.354 e. The molecule has 0 radical (unpaired) electrons. The van der Waals surface area contributed by atoms with Gasteiger partial charge in [0, 0.05) is 6.07 Å². The molecule has 1 aromatic carbocycles. The molecule has 0 bridgehead atoms. The van der Waals surface area contributed by atoms with Crippen LogP contribution in [0.1, 0.15) is 10.5 Å². The fourth-order valence-corrected chi connectivity index (χ4v) is 1.65. The fourth-order valence-electron chi connectivity index (χ4n) is 1.40. The maximum absolute atomic E-state index is 13.6. The molecule has 3 N–H and O–H groups in total. The molecular formula is C11H7ClFN3O2. The van der Waals surface area contributed by atoms with Crippen LogP contribution in [0.15, 0.2) is 24.3 Å². The number of rotatable bonds is 2. The van der Waals surface area contributed by atoms with Gasteiger partial charge in [-0.1, -0.05) is 17.7 Å². The Hall–Kier alpha value is -2.21. The molecule has 0 saturated heterocycles. The van der Waals surface area contributed by atoms with E-state index in [9.17, 15) is 9.18 Å². The summed E-state index contributed by atoms with van der Waals surface area (Å²) in [4.78, 5) is 18.3. The van der Waals surface area contributed by atoms with E-state index >= 15 is 0 Å². The summed E-state index contributed by atoms with van der Waals surface area (Å²) in [6.07, 6.45) is 0. The molecule has 0 spiro atoms. The summed E-state index contributed by atoms with van der Waals surface area (Å²) >= 11 is 5.84. The van der Waals surface area contributed by atoms with E-state index in [1.165, 1.54) is 18.2 Å². The van der Waals surface area contributed by atoms with Gasteiger partial charge in [-0.3, -0.25) is 0 Å². The molecule has 18 heavy (non-hydrogen) atoms. The first-order valence-electron chi connectivity index (χ1n) is 4.81. The van der Waals surface area contributed by atoms with Crippen LogP contribution < -0.4 is 5.73 Å². The molecule has 92 valence electrons. The number of hydrogen-bond acceptors (Lipinski definition) is 4. The van der Waals surface area contributed by atoms with Crippen LogP contribution in [0.25, 0.3) is 11.4 Å². The fraction of sp³-hybridized carbons (Fsp3) is 0. The second-order valence-electron chi connectivity index (χ2n) is 3.40. The number of nitrogens with zero attached hydrogens (tertiary/aromatic N) is 2. The molecule has 0 aliphatic heterocycles. The van der Waals surface area contributed by atoms with Gasteiger partial charge in [-0.05, 0) is 12.1 Å².